The molecule has 33 heavy (non-hydrogen) atoms. The first-order valence-corrected chi connectivity index (χ1v) is 12.4. The number of carbonyl (C=O) groups is 1. The Bertz CT molecular complexity index is 1160. The molecule has 2 aliphatic heterocycles. The molecule has 1 fully saturated rings. The summed E-state index contributed by atoms with van der Waals surface area (Å²) in [6.07, 6.45) is 3.99. The van der Waals surface area contributed by atoms with Crippen LogP contribution in [-0.2, 0) is 26.0 Å². The van der Waals surface area contributed by atoms with Crippen LogP contribution >= 0.6 is 0 Å². The molecule has 1 amide bonds. The van der Waals surface area contributed by atoms with Gasteiger partial charge in [-0.25, -0.2) is 8.42 Å². The minimum atomic E-state index is -3.64. The third kappa shape index (κ3) is 5.38. The number of nitrogens with zero attached hydrogens (tertiary/aromatic N) is 1. The Labute approximate surface area is 194 Å². The lowest BCUT2D eigenvalue weighted by Gasteiger charge is -2.26. The van der Waals surface area contributed by atoms with Gasteiger partial charge in [-0.15, -0.1) is 0 Å². The molecular weight excluding hydrogens is 444 g/mol. The Hall–Kier alpha value is -2.88. The number of nitrogens with one attached hydrogen (secondary N) is 1. The molecular formula is C24H28N2O6S. The second-order valence-electron chi connectivity index (χ2n) is 7.93. The molecule has 0 bridgehead atoms. The monoisotopic (exact) mass is 472 g/mol. The van der Waals surface area contributed by atoms with Crippen LogP contribution in [0.4, 0.5) is 5.69 Å². The van der Waals surface area contributed by atoms with Gasteiger partial charge in [0.2, 0.25) is 15.9 Å². The normalized spacial score (nSPS) is 18.7. The first-order valence-electron chi connectivity index (χ1n) is 11.0. The summed E-state index contributed by atoms with van der Waals surface area (Å²) in [7, 11) is -3.64. The van der Waals surface area contributed by atoms with Gasteiger partial charge in [0, 0.05) is 42.4 Å². The number of carbonyl (C=O) groups excluding carboxylic acids is 1. The SMILES string of the molecule is CCOc1cc2c(cc1/C=C/C(=O)Nc1cccc(S(=O)(=O)N3CCOCC3)c1)OC(C)C2. The predicted octanol–water partition coefficient (Wildman–Crippen LogP) is 3.08. The number of benzene rings is 2. The first-order chi connectivity index (χ1) is 15.9. The average Bonchev–Trinajstić information content (AvgIpc) is 3.17. The number of sulfonamides is 1. The zero-order chi connectivity index (χ0) is 23.4. The van der Waals surface area contributed by atoms with E-state index in [9.17, 15) is 13.2 Å². The number of morpholine rings is 1. The third-order valence-corrected chi connectivity index (χ3v) is 7.35. The Morgan fingerprint density at radius 2 is 2.03 bits per heavy atom. The maximum absolute atomic E-state index is 12.9. The van der Waals surface area contributed by atoms with Gasteiger partial charge >= 0.3 is 0 Å². The molecule has 2 heterocycles. The van der Waals surface area contributed by atoms with Crippen molar-refractivity contribution in [1.82, 2.24) is 4.31 Å². The number of amides is 1. The van der Waals surface area contributed by atoms with Gasteiger partial charge in [0.1, 0.15) is 17.6 Å². The summed E-state index contributed by atoms with van der Waals surface area (Å²) in [6, 6.07) is 10.1. The van der Waals surface area contributed by atoms with Crippen LogP contribution in [0, 0.1) is 0 Å². The smallest absolute Gasteiger partial charge is 0.248 e. The number of anilines is 1. The number of hydrogen-bond acceptors (Lipinski definition) is 6. The van der Waals surface area contributed by atoms with Crippen molar-refractivity contribution >= 4 is 27.7 Å². The van der Waals surface area contributed by atoms with Gasteiger partial charge in [-0.05, 0) is 50.3 Å². The van der Waals surface area contributed by atoms with E-state index in [1.807, 2.05) is 26.0 Å². The Kier molecular flexibility index (Phi) is 7.02. The molecule has 2 aromatic carbocycles. The van der Waals surface area contributed by atoms with Crippen LogP contribution in [0.15, 0.2) is 47.4 Å². The molecule has 9 heteroatoms. The van der Waals surface area contributed by atoms with Gasteiger partial charge in [0.05, 0.1) is 24.7 Å². The molecule has 1 N–H and O–H groups in total. The van der Waals surface area contributed by atoms with Crippen molar-refractivity contribution in [2.45, 2.75) is 31.3 Å². The van der Waals surface area contributed by atoms with Crippen LogP contribution in [0.25, 0.3) is 6.08 Å². The minimum Gasteiger partial charge on any atom is -0.493 e. The van der Waals surface area contributed by atoms with Gasteiger partial charge in [-0.3, -0.25) is 4.79 Å². The number of fused-ring (bicyclic) bond motifs is 1. The molecule has 0 saturated carbocycles. The molecule has 176 valence electrons. The highest BCUT2D eigenvalue weighted by Gasteiger charge is 2.26. The van der Waals surface area contributed by atoms with E-state index in [-0.39, 0.29) is 16.9 Å². The largest absolute Gasteiger partial charge is 0.493 e. The van der Waals surface area contributed by atoms with Crippen molar-refractivity contribution in [2.75, 3.05) is 38.2 Å². The summed E-state index contributed by atoms with van der Waals surface area (Å²) in [5.41, 5.74) is 2.23. The molecule has 1 atom stereocenters. The predicted molar refractivity (Wildman–Crippen MR) is 125 cm³/mol. The van der Waals surface area contributed by atoms with Crippen LogP contribution in [0.5, 0.6) is 11.5 Å². The van der Waals surface area contributed by atoms with E-state index in [1.165, 1.54) is 22.5 Å². The highest BCUT2D eigenvalue weighted by molar-refractivity contribution is 7.89. The van der Waals surface area contributed by atoms with Crippen LogP contribution < -0.4 is 14.8 Å². The van der Waals surface area contributed by atoms with Crippen molar-refractivity contribution in [3.8, 4) is 11.5 Å². The van der Waals surface area contributed by atoms with Crippen molar-refractivity contribution in [1.29, 1.82) is 0 Å². The Morgan fingerprint density at radius 3 is 2.79 bits per heavy atom. The molecule has 8 nitrogen and oxygen atoms in total. The van der Waals surface area contributed by atoms with Crippen LogP contribution in [0.2, 0.25) is 0 Å². The van der Waals surface area contributed by atoms with E-state index in [2.05, 4.69) is 5.32 Å². The zero-order valence-electron chi connectivity index (χ0n) is 18.7. The number of rotatable bonds is 7. The lowest BCUT2D eigenvalue weighted by atomic mass is 10.1. The zero-order valence-corrected chi connectivity index (χ0v) is 19.6. The lowest BCUT2D eigenvalue weighted by Crippen LogP contribution is -2.40. The molecule has 0 aromatic heterocycles. The molecule has 2 aliphatic rings. The summed E-state index contributed by atoms with van der Waals surface area (Å²) >= 11 is 0. The van der Waals surface area contributed by atoms with E-state index < -0.39 is 10.0 Å². The van der Waals surface area contributed by atoms with Gasteiger partial charge < -0.3 is 19.5 Å². The fourth-order valence-corrected chi connectivity index (χ4v) is 5.34. The van der Waals surface area contributed by atoms with Crippen molar-refractivity contribution in [2.24, 2.45) is 0 Å². The summed E-state index contributed by atoms with van der Waals surface area (Å²) < 4.78 is 43.9. The summed E-state index contributed by atoms with van der Waals surface area (Å²) in [5, 5.41) is 2.73. The second-order valence-corrected chi connectivity index (χ2v) is 9.87. The maximum Gasteiger partial charge on any atom is 0.248 e. The van der Waals surface area contributed by atoms with Crippen molar-refractivity contribution < 1.29 is 27.4 Å². The number of hydrogen-bond donors (Lipinski definition) is 1. The van der Waals surface area contributed by atoms with E-state index in [1.54, 1.807) is 18.2 Å². The standard InChI is InChI=1S/C24H28N2O6S/c1-3-31-22-15-19-13-17(2)32-23(19)14-18(22)7-8-24(27)25-20-5-4-6-21(16-20)33(28,29)26-9-11-30-12-10-26/h4-8,14-17H,3,9-13H2,1-2H3,(H,25,27)/b8-7+. The molecule has 0 spiro atoms. The van der Waals surface area contributed by atoms with Crippen molar-refractivity contribution in [3.63, 3.8) is 0 Å². The summed E-state index contributed by atoms with van der Waals surface area (Å²) in [4.78, 5) is 12.7. The molecule has 2 aromatic rings. The first kappa shape index (κ1) is 23.3. The topological polar surface area (TPSA) is 94.2 Å². The fourth-order valence-electron chi connectivity index (χ4n) is 3.89. The van der Waals surface area contributed by atoms with E-state index in [0.29, 0.717) is 44.3 Å². The highest BCUT2D eigenvalue weighted by atomic mass is 32.2. The fraction of sp³-hybridized carbons (Fsp3) is 0.375. The lowest BCUT2D eigenvalue weighted by molar-refractivity contribution is -0.111. The van der Waals surface area contributed by atoms with Crippen LogP contribution in [0.3, 0.4) is 0 Å². The number of ether oxygens (including phenoxy) is 3. The van der Waals surface area contributed by atoms with Gasteiger partial charge in [-0.2, -0.15) is 4.31 Å². The molecule has 0 radical (unpaired) electrons. The third-order valence-electron chi connectivity index (χ3n) is 5.45. The summed E-state index contributed by atoms with van der Waals surface area (Å²) in [6.45, 7) is 5.79. The quantitative estimate of drug-likeness (QED) is 0.623. The Balaban J connectivity index is 1.48. The average molecular weight is 473 g/mol. The molecule has 1 saturated heterocycles. The van der Waals surface area contributed by atoms with Crippen LogP contribution in [-0.4, -0.2) is 57.6 Å². The minimum absolute atomic E-state index is 0.109. The molecule has 1 unspecified atom stereocenters. The Morgan fingerprint density at radius 1 is 1.24 bits per heavy atom. The van der Waals surface area contributed by atoms with Gasteiger partial charge in [0.25, 0.3) is 0 Å². The van der Waals surface area contributed by atoms with E-state index in [4.69, 9.17) is 14.2 Å². The highest BCUT2D eigenvalue weighted by Crippen LogP contribution is 2.35. The van der Waals surface area contributed by atoms with Gasteiger partial charge in [-0.1, -0.05) is 6.07 Å². The van der Waals surface area contributed by atoms with Gasteiger partial charge in [0.15, 0.2) is 0 Å². The van der Waals surface area contributed by atoms with Crippen LogP contribution in [0.1, 0.15) is 25.0 Å². The maximum atomic E-state index is 12.9. The van der Waals surface area contributed by atoms with E-state index in [0.717, 1.165) is 23.3 Å². The molecule has 0 aliphatic carbocycles. The summed E-state index contributed by atoms with van der Waals surface area (Å²) in [5.74, 6) is 1.11. The molecule has 4 rings (SSSR count). The second kappa shape index (κ2) is 9.94. The van der Waals surface area contributed by atoms with E-state index >= 15 is 0 Å². The van der Waals surface area contributed by atoms with Crippen molar-refractivity contribution in [3.05, 3.63) is 53.6 Å².